The zero-order valence-corrected chi connectivity index (χ0v) is 15.7. The summed E-state index contributed by atoms with van der Waals surface area (Å²) in [6.07, 6.45) is -12.8. The third kappa shape index (κ3) is 4.48. The minimum Gasteiger partial charge on any atom is -0.307 e. The lowest BCUT2D eigenvalue weighted by Crippen LogP contribution is -2.67. The van der Waals surface area contributed by atoms with Gasteiger partial charge in [0, 0.05) is 0 Å². The van der Waals surface area contributed by atoms with E-state index in [4.69, 9.17) is 0 Å². The molecule has 14 heteroatoms. The lowest BCUT2D eigenvalue weighted by molar-refractivity contribution is -0.277. The van der Waals surface area contributed by atoms with Crippen LogP contribution in [0.1, 0.15) is 13.8 Å². The molecule has 0 aliphatic carbocycles. The third-order valence-electron chi connectivity index (χ3n) is 3.16. The highest BCUT2D eigenvalue weighted by atomic mass is 32.2. The van der Waals surface area contributed by atoms with Crippen LogP contribution in [-0.4, -0.2) is 39.3 Å². The first kappa shape index (κ1) is 23.9. The predicted molar refractivity (Wildman–Crippen MR) is 82.5 cm³/mol. The van der Waals surface area contributed by atoms with E-state index < -0.39 is 53.4 Å². The van der Waals surface area contributed by atoms with Gasteiger partial charge in [-0.25, -0.2) is 8.42 Å². The highest BCUT2D eigenvalue weighted by Gasteiger charge is 2.83. The van der Waals surface area contributed by atoms with Crippen molar-refractivity contribution in [2.24, 2.45) is 0 Å². The van der Waals surface area contributed by atoms with Gasteiger partial charge in [0.1, 0.15) is 0 Å². The fourth-order valence-corrected chi connectivity index (χ4v) is 5.89. The molecule has 0 bridgehead atoms. The normalized spacial score (nSPS) is 14.4. The van der Waals surface area contributed by atoms with Crippen molar-refractivity contribution in [3.05, 3.63) is 30.3 Å². The van der Waals surface area contributed by atoms with Crippen molar-refractivity contribution in [3.63, 3.8) is 0 Å². The van der Waals surface area contributed by atoms with E-state index in [1.165, 1.54) is 6.07 Å². The molecule has 0 spiro atoms. The second-order valence-electron chi connectivity index (χ2n) is 4.96. The third-order valence-corrected chi connectivity index (χ3v) is 7.42. The molecule has 156 valence electrons. The maximum absolute atomic E-state index is 13.7. The lowest BCUT2D eigenvalue weighted by Gasteiger charge is -2.40. The summed E-state index contributed by atoms with van der Waals surface area (Å²) < 4.78 is 128. The van der Waals surface area contributed by atoms with E-state index in [9.17, 15) is 39.3 Å². The number of hydrogen-bond donors (Lipinski definition) is 1. The smallest absolute Gasteiger partial charge is 0.307 e. The zero-order chi connectivity index (χ0) is 21.1. The number of halogens is 6. The molecule has 1 aromatic carbocycles. The summed E-state index contributed by atoms with van der Waals surface area (Å²) >= 11 is 0. The Bertz CT molecular complexity index is 757. The molecule has 0 radical (unpaired) electrons. The summed E-state index contributed by atoms with van der Waals surface area (Å²) in [5.74, 6) is 0. The van der Waals surface area contributed by atoms with E-state index in [2.05, 4.69) is 9.05 Å². The molecule has 0 amide bonds. The van der Waals surface area contributed by atoms with E-state index in [0.29, 0.717) is 4.72 Å². The summed E-state index contributed by atoms with van der Waals surface area (Å²) in [6.45, 7) is 0.236. The van der Waals surface area contributed by atoms with Gasteiger partial charge in [-0.2, -0.15) is 31.1 Å². The van der Waals surface area contributed by atoms with E-state index in [-0.39, 0.29) is 0 Å². The molecule has 0 saturated carbocycles. The Morgan fingerprint density at radius 1 is 0.926 bits per heavy atom. The van der Waals surface area contributed by atoms with Crippen molar-refractivity contribution >= 4 is 17.6 Å². The summed E-state index contributed by atoms with van der Waals surface area (Å²) in [6, 6.07) is 5.01. The number of rotatable bonds is 8. The van der Waals surface area contributed by atoms with Gasteiger partial charge in [0.15, 0.2) is 0 Å². The molecule has 0 atom stereocenters. The van der Waals surface area contributed by atoms with E-state index >= 15 is 0 Å². The van der Waals surface area contributed by atoms with Gasteiger partial charge < -0.3 is 9.05 Å². The summed E-state index contributed by atoms with van der Waals surface area (Å²) in [7, 11) is -11.6. The van der Waals surface area contributed by atoms with Crippen LogP contribution in [-0.2, 0) is 23.6 Å². The summed E-state index contributed by atoms with van der Waals surface area (Å²) in [5, 5.41) is -5.51. The molecule has 1 N–H and O–H groups in total. The van der Waals surface area contributed by atoms with Crippen molar-refractivity contribution in [2.75, 3.05) is 13.2 Å². The molecular weight excluding hydrogens is 427 g/mol. The fraction of sp³-hybridized carbons (Fsp3) is 0.538. The van der Waals surface area contributed by atoms with Crippen molar-refractivity contribution in [3.8, 4) is 0 Å². The number of sulfonamides is 1. The highest BCUT2D eigenvalue weighted by molar-refractivity contribution is 7.90. The van der Waals surface area contributed by atoms with Crippen LogP contribution in [0.4, 0.5) is 26.3 Å². The minimum atomic E-state index is -6.41. The van der Waals surface area contributed by atoms with Crippen LogP contribution in [0, 0.1) is 0 Å². The van der Waals surface area contributed by atoms with Gasteiger partial charge in [-0.15, -0.1) is 0 Å². The molecule has 6 nitrogen and oxygen atoms in total. The predicted octanol–water partition coefficient (Wildman–Crippen LogP) is 4.05. The van der Waals surface area contributed by atoms with Crippen molar-refractivity contribution in [1.82, 2.24) is 4.72 Å². The molecule has 27 heavy (non-hydrogen) atoms. The molecule has 0 saturated heterocycles. The number of benzene rings is 1. The first-order valence-corrected chi connectivity index (χ1v) is 10.3. The van der Waals surface area contributed by atoms with Crippen LogP contribution in [0.3, 0.4) is 0 Å². The maximum Gasteiger partial charge on any atom is 0.428 e. The first-order valence-electron chi connectivity index (χ1n) is 7.30. The zero-order valence-electron chi connectivity index (χ0n) is 14.0. The highest BCUT2D eigenvalue weighted by Crippen LogP contribution is 2.69. The average molecular weight is 443 g/mol. The Morgan fingerprint density at radius 2 is 1.33 bits per heavy atom. The van der Waals surface area contributed by atoms with E-state index in [1.54, 1.807) is 0 Å². The largest absolute Gasteiger partial charge is 0.428 e. The second kappa shape index (κ2) is 8.08. The lowest BCUT2D eigenvalue weighted by atomic mass is 10.3. The Kier molecular flexibility index (Phi) is 7.15. The van der Waals surface area contributed by atoms with Gasteiger partial charge in [-0.1, -0.05) is 18.2 Å². The first-order chi connectivity index (χ1) is 12.2. The van der Waals surface area contributed by atoms with Gasteiger partial charge in [0.2, 0.25) is 10.0 Å². The summed E-state index contributed by atoms with van der Waals surface area (Å²) in [5.41, 5.74) is 0. The molecular formula is C13H16F6NO5PS. The molecule has 0 heterocycles. The van der Waals surface area contributed by atoms with Gasteiger partial charge in [0.05, 0.1) is 18.1 Å². The topological polar surface area (TPSA) is 81.7 Å². The van der Waals surface area contributed by atoms with E-state index in [0.717, 1.165) is 38.1 Å². The SMILES string of the molecule is CCOP(=O)(OCC)C(NS(=O)(=O)c1ccccc1)(C(F)(F)F)C(F)(F)F. The standard InChI is InChI=1S/C13H16F6NO5PS/c1-3-24-26(21,25-4-2)11(12(14,15)16,13(17,18)19)20-27(22,23)10-8-6-5-7-9-10/h5-9,20H,3-4H2,1-2H3. The Hall–Kier alpha value is -1.14. The second-order valence-corrected chi connectivity index (χ2v) is 8.82. The number of nitrogens with one attached hydrogen (secondary N) is 1. The molecule has 0 aliphatic heterocycles. The van der Waals surface area contributed by atoms with Crippen molar-refractivity contribution in [1.29, 1.82) is 0 Å². The van der Waals surface area contributed by atoms with Crippen LogP contribution >= 0.6 is 7.60 Å². The Morgan fingerprint density at radius 3 is 1.67 bits per heavy atom. The Labute approximate surface area is 151 Å². The average Bonchev–Trinajstić information content (AvgIpc) is 2.51. The summed E-state index contributed by atoms with van der Waals surface area (Å²) in [4.78, 5) is -0.901. The monoisotopic (exact) mass is 443 g/mol. The fourth-order valence-electron chi connectivity index (χ4n) is 2.07. The molecule has 0 aromatic heterocycles. The van der Waals surface area contributed by atoms with Gasteiger partial charge in [-0.05, 0) is 26.0 Å². The molecule has 0 unspecified atom stereocenters. The quantitative estimate of drug-likeness (QED) is 0.484. The van der Waals surface area contributed by atoms with Gasteiger partial charge in [0.25, 0.3) is 0 Å². The maximum atomic E-state index is 13.7. The Balaban J connectivity index is 3.81. The molecule has 1 aromatic rings. The van der Waals surface area contributed by atoms with Gasteiger partial charge >= 0.3 is 25.2 Å². The molecule has 1 rings (SSSR count). The molecule has 0 aliphatic rings. The van der Waals surface area contributed by atoms with Crippen LogP contribution in [0.5, 0.6) is 0 Å². The van der Waals surface area contributed by atoms with Crippen molar-refractivity contribution in [2.45, 2.75) is 36.4 Å². The number of alkyl halides is 6. The van der Waals surface area contributed by atoms with Gasteiger partial charge in [-0.3, -0.25) is 4.57 Å². The van der Waals surface area contributed by atoms with Crippen LogP contribution < -0.4 is 4.72 Å². The van der Waals surface area contributed by atoms with Crippen molar-refractivity contribution < 1.29 is 48.4 Å². The van der Waals surface area contributed by atoms with Crippen LogP contribution in [0.2, 0.25) is 0 Å². The minimum absolute atomic E-state index is 0.522. The van der Waals surface area contributed by atoms with E-state index in [1.807, 2.05) is 0 Å². The number of hydrogen-bond acceptors (Lipinski definition) is 5. The van der Waals surface area contributed by atoms with Crippen LogP contribution in [0.25, 0.3) is 0 Å². The van der Waals surface area contributed by atoms with Crippen LogP contribution in [0.15, 0.2) is 35.2 Å². The molecule has 0 fully saturated rings.